The van der Waals surface area contributed by atoms with Crippen molar-refractivity contribution in [2.24, 2.45) is 4.99 Å². The number of benzene rings is 2. The Morgan fingerprint density at radius 2 is 1.95 bits per heavy atom. The van der Waals surface area contributed by atoms with Crippen LogP contribution < -0.4 is 4.74 Å². The molecule has 0 aliphatic heterocycles. The van der Waals surface area contributed by atoms with E-state index in [9.17, 15) is 18.3 Å². The van der Waals surface area contributed by atoms with Crippen LogP contribution in [0.4, 0.5) is 18.9 Å². The zero-order valence-electron chi connectivity index (χ0n) is 11.4. The molecular formula is C15H11BrF3NO2. The van der Waals surface area contributed by atoms with E-state index in [4.69, 9.17) is 4.74 Å². The smallest absolute Gasteiger partial charge is 0.416 e. The number of phenolic OH excluding ortho intramolecular Hbond substituents is 1. The van der Waals surface area contributed by atoms with E-state index in [2.05, 4.69) is 20.9 Å². The van der Waals surface area contributed by atoms with Crippen LogP contribution in [-0.2, 0) is 6.18 Å². The van der Waals surface area contributed by atoms with Crippen molar-refractivity contribution in [3.05, 3.63) is 52.0 Å². The topological polar surface area (TPSA) is 41.8 Å². The number of aliphatic imine (C=N–C) groups is 1. The second-order valence-corrected chi connectivity index (χ2v) is 5.21. The van der Waals surface area contributed by atoms with Gasteiger partial charge in [0.2, 0.25) is 0 Å². The molecule has 0 heterocycles. The molecule has 0 unspecified atom stereocenters. The highest BCUT2D eigenvalue weighted by atomic mass is 79.9. The van der Waals surface area contributed by atoms with E-state index in [0.29, 0.717) is 10.0 Å². The molecule has 0 fully saturated rings. The van der Waals surface area contributed by atoms with Gasteiger partial charge in [0.05, 0.1) is 22.8 Å². The highest BCUT2D eigenvalue weighted by Gasteiger charge is 2.30. The van der Waals surface area contributed by atoms with E-state index in [1.165, 1.54) is 31.5 Å². The Balaban J connectivity index is 2.31. The number of hydrogen-bond donors (Lipinski definition) is 1. The first-order valence-corrected chi connectivity index (χ1v) is 6.88. The zero-order valence-corrected chi connectivity index (χ0v) is 12.9. The van der Waals surface area contributed by atoms with Gasteiger partial charge in [0.25, 0.3) is 0 Å². The Bertz CT molecular complexity index is 714. The molecule has 0 amide bonds. The summed E-state index contributed by atoms with van der Waals surface area (Å²) < 4.78 is 43.3. The van der Waals surface area contributed by atoms with Crippen molar-refractivity contribution < 1.29 is 23.0 Å². The predicted octanol–water partition coefficient (Wildman–Crippen LogP) is 4.93. The van der Waals surface area contributed by atoms with Gasteiger partial charge >= 0.3 is 6.18 Å². The number of nitrogens with zero attached hydrogens (tertiary/aromatic N) is 1. The molecule has 0 spiro atoms. The molecule has 7 heteroatoms. The molecule has 0 bridgehead atoms. The Morgan fingerprint density at radius 3 is 2.59 bits per heavy atom. The Labute approximate surface area is 133 Å². The molecule has 0 saturated carbocycles. The number of halogens is 4. The lowest BCUT2D eigenvalue weighted by Crippen LogP contribution is -2.03. The summed E-state index contributed by atoms with van der Waals surface area (Å²) in [5.74, 6) is 0.179. The van der Waals surface area contributed by atoms with E-state index in [-0.39, 0.29) is 17.2 Å². The van der Waals surface area contributed by atoms with Crippen molar-refractivity contribution in [1.29, 1.82) is 0 Å². The predicted molar refractivity (Wildman–Crippen MR) is 81.1 cm³/mol. The molecule has 0 aromatic heterocycles. The van der Waals surface area contributed by atoms with Gasteiger partial charge in [-0.3, -0.25) is 4.99 Å². The van der Waals surface area contributed by atoms with Crippen molar-refractivity contribution in [1.82, 2.24) is 0 Å². The summed E-state index contributed by atoms with van der Waals surface area (Å²) in [6.07, 6.45) is -3.02. The number of ether oxygens (including phenoxy) is 1. The maximum Gasteiger partial charge on any atom is 0.416 e. The minimum absolute atomic E-state index is 0.0567. The summed E-state index contributed by atoms with van der Waals surface area (Å²) in [5.41, 5.74) is -0.0106. The van der Waals surface area contributed by atoms with Gasteiger partial charge in [-0.05, 0) is 51.8 Å². The lowest BCUT2D eigenvalue weighted by Gasteiger charge is -2.07. The van der Waals surface area contributed by atoms with Gasteiger partial charge in [0.15, 0.2) is 11.5 Å². The molecular weight excluding hydrogens is 363 g/mol. The first-order chi connectivity index (χ1) is 10.3. The Kier molecular flexibility index (Phi) is 4.75. The number of aromatic hydroxyl groups is 1. The molecule has 116 valence electrons. The molecule has 2 aromatic carbocycles. The first kappa shape index (κ1) is 16.4. The van der Waals surface area contributed by atoms with E-state index in [1.807, 2.05) is 0 Å². The fourth-order valence-corrected chi connectivity index (χ4v) is 2.20. The molecule has 3 nitrogen and oxygen atoms in total. The molecule has 0 saturated heterocycles. The van der Waals surface area contributed by atoms with Crippen molar-refractivity contribution in [2.45, 2.75) is 6.18 Å². The largest absolute Gasteiger partial charge is 0.503 e. The molecule has 0 atom stereocenters. The summed E-state index contributed by atoms with van der Waals surface area (Å²) in [5, 5.41) is 9.69. The van der Waals surface area contributed by atoms with Crippen molar-refractivity contribution in [3.63, 3.8) is 0 Å². The molecule has 0 aliphatic rings. The van der Waals surface area contributed by atoms with Gasteiger partial charge in [0, 0.05) is 6.21 Å². The summed E-state index contributed by atoms with van der Waals surface area (Å²) in [7, 11) is 1.40. The highest BCUT2D eigenvalue weighted by Crippen LogP contribution is 2.35. The van der Waals surface area contributed by atoms with Crippen LogP contribution >= 0.6 is 15.9 Å². The van der Waals surface area contributed by atoms with E-state index >= 15 is 0 Å². The third kappa shape index (κ3) is 3.79. The first-order valence-electron chi connectivity index (χ1n) is 6.09. The molecule has 2 rings (SSSR count). The monoisotopic (exact) mass is 373 g/mol. The highest BCUT2D eigenvalue weighted by molar-refractivity contribution is 9.10. The second kappa shape index (κ2) is 6.39. The number of phenols is 1. The second-order valence-electron chi connectivity index (χ2n) is 4.36. The SMILES string of the molecule is COc1cc(C=Nc2cccc(C(F)(F)F)c2)cc(Br)c1O. The van der Waals surface area contributed by atoms with Crippen LogP contribution in [0.3, 0.4) is 0 Å². The number of alkyl halides is 3. The fourth-order valence-electron chi connectivity index (χ4n) is 1.74. The number of methoxy groups -OCH3 is 1. The van der Waals surface area contributed by atoms with Crippen molar-refractivity contribution >= 4 is 27.8 Å². The fraction of sp³-hybridized carbons (Fsp3) is 0.133. The van der Waals surface area contributed by atoms with Gasteiger partial charge in [-0.15, -0.1) is 0 Å². The van der Waals surface area contributed by atoms with Crippen LogP contribution in [-0.4, -0.2) is 18.4 Å². The van der Waals surface area contributed by atoms with Gasteiger partial charge in [-0.1, -0.05) is 6.07 Å². The Morgan fingerprint density at radius 1 is 1.23 bits per heavy atom. The van der Waals surface area contributed by atoms with Gasteiger partial charge < -0.3 is 9.84 Å². The van der Waals surface area contributed by atoms with E-state index < -0.39 is 11.7 Å². The van der Waals surface area contributed by atoms with Crippen molar-refractivity contribution in [3.8, 4) is 11.5 Å². The molecule has 0 radical (unpaired) electrons. The maximum atomic E-state index is 12.6. The normalized spacial score (nSPS) is 11.9. The van der Waals surface area contributed by atoms with Crippen LogP contribution in [0.25, 0.3) is 0 Å². The van der Waals surface area contributed by atoms with Gasteiger partial charge in [-0.2, -0.15) is 13.2 Å². The van der Waals surface area contributed by atoms with Crippen LogP contribution in [0.5, 0.6) is 11.5 Å². The lowest BCUT2D eigenvalue weighted by atomic mass is 10.2. The number of rotatable bonds is 3. The summed E-state index contributed by atoms with van der Waals surface area (Å²) in [6, 6.07) is 7.82. The van der Waals surface area contributed by atoms with E-state index in [1.54, 1.807) is 6.07 Å². The standard InChI is InChI=1S/C15H11BrF3NO2/c1-22-13-6-9(5-12(16)14(13)21)8-20-11-4-2-3-10(7-11)15(17,18)19/h2-8,21H,1H3. The van der Waals surface area contributed by atoms with Crippen LogP contribution in [0.15, 0.2) is 45.9 Å². The third-order valence-electron chi connectivity index (χ3n) is 2.81. The molecule has 0 aliphatic carbocycles. The molecule has 2 aromatic rings. The summed E-state index contributed by atoms with van der Waals surface area (Å²) >= 11 is 3.16. The lowest BCUT2D eigenvalue weighted by molar-refractivity contribution is -0.137. The quantitative estimate of drug-likeness (QED) is 0.774. The average Bonchev–Trinajstić information content (AvgIpc) is 2.47. The molecule has 1 N–H and O–H groups in total. The van der Waals surface area contributed by atoms with Crippen LogP contribution in [0, 0.1) is 0 Å². The number of hydrogen-bond acceptors (Lipinski definition) is 3. The maximum absolute atomic E-state index is 12.6. The van der Waals surface area contributed by atoms with Crippen LogP contribution in [0.1, 0.15) is 11.1 Å². The van der Waals surface area contributed by atoms with Crippen LogP contribution in [0.2, 0.25) is 0 Å². The van der Waals surface area contributed by atoms with Gasteiger partial charge in [0.1, 0.15) is 0 Å². The summed E-state index contributed by atoms with van der Waals surface area (Å²) in [6.45, 7) is 0. The minimum Gasteiger partial charge on any atom is -0.503 e. The van der Waals surface area contributed by atoms with Gasteiger partial charge in [-0.25, -0.2) is 0 Å². The average molecular weight is 374 g/mol. The van der Waals surface area contributed by atoms with Crippen molar-refractivity contribution in [2.75, 3.05) is 7.11 Å². The zero-order chi connectivity index (χ0) is 16.3. The minimum atomic E-state index is -4.41. The van der Waals surface area contributed by atoms with E-state index in [0.717, 1.165) is 12.1 Å². The Hall–Kier alpha value is -2.02. The third-order valence-corrected chi connectivity index (χ3v) is 3.41. The molecule has 22 heavy (non-hydrogen) atoms. The summed E-state index contributed by atoms with van der Waals surface area (Å²) in [4.78, 5) is 4.01.